The zero-order valence-electron chi connectivity index (χ0n) is 8.89. The van der Waals surface area contributed by atoms with Crippen molar-refractivity contribution >= 4 is 0 Å². The van der Waals surface area contributed by atoms with E-state index in [0.29, 0.717) is 17.2 Å². The van der Waals surface area contributed by atoms with Crippen molar-refractivity contribution in [3.05, 3.63) is 30.8 Å². The van der Waals surface area contributed by atoms with Gasteiger partial charge in [-0.2, -0.15) is 0 Å². The molecule has 0 saturated heterocycles. The van der Waals surface area contributed by atoms with Gasteiger partial charge in [0.2, 0.25) is 0 Å². The molecule has 0 aliphatic rings. The number of hydrogen-bond acceptors (Lipinski definition) is 5. The molecule has 0 N–H and O–H groups in total. The van der Waals surface area contributed by atoms with E-state index in [1.807, 2.05) is 0 Å². The molecule has 2 rings (SSSR count). The molecule has 0 unspecified atom stereocenters. The highest BCUT2D eigenvalue weighted by atomic mass is 16.6. The van der Waals surface area contributed by atoms with Gasteiger partial charge in [0.05, 0.1) is 14.2 Å². The molecule has 1 heterocycles. The van der Waals surface area contributed by atoms with Crippen LogP contribution in [-0.2, 0) is 0 Å². The number of ether oxygens (including phenoxy) is 3. The van der Waals surface area contributed by atoms with Crippen LogP contribution in [0, 0.1) is 6.39 Å². The lowest BCUT2D eigenvalue weighted by Gasteiger charge is -2.09. The van der Waals surface area contributed by atoms with Gasteiger partial charge in [0.25, 0.3) is 6.39 Å². The summed E-state index contributed by atoms with van der Waals surface area (Å²) in [7, 11) is 3.13. The average Bonchev–Trinajstić information content (AvgIpc) is 2.82. The predicted molar refractivity (Wildman–Crippen MR) is 55.0 cm³/mol. The average molecular weight is 220 g/mol. The maximum atomic E-state index is 5.42. The van der Waals surface area contributed by atoms with Crippen molar-refractivity contribution in [1.82, 2.24) is 4.98 Å². The van der Waals surface area contributed by atoms with Crippen LogP contribution in [0.15, 0.2) is 28.8 Å². The molecular formula is C11H10NO4. The molecule has 2 aromatic rings. The summed E-state index contributed by atoms with van der Waals surface area (Å²) in [6, 6.07) is 5.22. The fraction of sp³-hybridized carbons (Fsp3) is 0.182. The van der Waals surface area contributed by atoms with Crippen LogP contribution in [0.25, 0.3) is 0 Å². The Bertz CT molecular complexity index is 453. The fourth-order valence-corrected chi connectivity index (χ4v) is 1.20. The Morgan fingerprint density at radius 2 is 2.06 bits per heavy atom. The molecule has 0 saturated carbocycles. The number of rotatable bonds is 4. The van der Waals surface area contributed by atoms with Gasteiger partial charge in [0.1, 0.15) is 11.9 Å². The second kappa shape index (κ2) is 4.57. The lowest BCUT2D eigenvalue weighted by molar-refractivity contribution is 0.317. The van der Waals surface area contributed by atoms with Gasteiger partial charge in [-0.3, -0.25) is 0 Å². The Kier molecular flexibility index (Phi) is 2.95. The van der Waals surface area contributed by atoms with Crippen LogP contribution in [0.4, 0.5) is 0 Å². The number of benzene rings is 1. The predicted octanol–water partition coefficient (Wildman–Crippen LogP) is 2.28. The topological polar surface area (TPSA) is 53.7 Å². The lowest BCUT2D eigenvalue weighted by atomic mass is 10.3. The number of aromatic nitrogens is 1. The zero-order valence-corrected chi connectivity index (χ0v) is 8.89. The van der Waals surface area contributed by atoms with Crippen molar-refractivity contribution in [1.29, 1.82) is 0 Å². The maximum Gasteiger partial charge on any atom is 0.311 e. The highest BCUT2D eigenvalue weighted by Crippen LogP contribution is 2.34. The summed E-state index contributed by atoms with van der Waals surface area (Å²) in [5, 5.41) is 0. The van der Waals surface area contributed by atoms with Crippen molar-refractivity contribution in [2.75, 3.05) is 14.2 Å². The number of oxazole rings is 1. The number of methoxy groups -OCH3 is 2. The summed E-state index contributed by atoms with van der Waals surface area (Å²) in [6.07, 6.45) is 3.71. The first kappa shape index (κ1) is 10.4. The van der Waals surface area contributed by atoms with Crippen LogP contribution in [0.3, 0.4) is 0 Å². The molecule has 5 nitrogen and oxygen atoms in total. The van der Waals surface area contributed by atoms with Crippen LogP contribution >= 0.6 is 0 Å². The summed E-state index contributed by atoms with van der Waals surface area (Å²) in [5.41, 5.74) is 0. The van der Waals surface area contributed by atoms with Crippen LogP contribution in [0.5, 0.6) is 23.2 Å². The second-order valence-electron chi connectivity index (χ2n) is 2.89. The van der Waals surface area contributed by atoms with E-state index in [9.17, 15) is 0 Å². The summed E-state index contributed by atoms with van der Waals surface area (Å²) in [4.78, 5) is 3.63. The minimum Gasteiger partial charge on any atom is -0.497 e. The van der Waals surface area contributed by atoms with Crippen molar-refractivity contribution in [2.24, 2.45) is 0 Å². The Labute approximate surface area is 92.6 Å². The van der Waals surface area contributed by atoms with Crippen molar-refractivity contribution in [2.45, 2.75) is 0 Å². The van der Waals surface area contributed by atoms with Crippen LogP contribution in [0.1, 0.15) is 0 Å². The molecule has 0 amide bonds. The highest BCUT2D eigenvalue weighted by Gasteiger charge is 2.09. The largest absolute Gasteiger partial charge is 0.497 e. The van der Waals surface area contributed by atoms with E-state index in [-0.39, 0.29) is 5.95 Å². The number of hydrogen-bond donors (Lipinski definition) is 0. The Morgan fingerprint density at radius 3 is 2.69 bits per heavy atom. The van der Waals surface area contributed by atoms with Crippen LogP contribution < -0.4 is 14.2 Å². The molecule has 0 atom stereocenters. The van der Waals surface area contributed by atoms with Crippen molar-refractivity contribution < 1.29 is 18.6 Å². The van der Waals surface area contributed by atoms with Gasteiger partial charge in [-0.05, 0) is 12.1 Å². The quantitative estimate of drug-likeness (QED) is 0.791. The van der Waals surface area contributed by atoms with E-state index in [4.69, 9.17) is 18.6 Å². The molecule has 0 aliphatic heterocycles. The minimum atomic E-state index is 0.242. The third-order valence-corrected chi connectivity index (χ3v) is 1.95. The first-order valence-corrected chi connectivity index (χ1v) is 4.55. The third-order valence-electron chi connectivity index (χ3n) is 1.95. The van der Waals surface area contributed by atoms with E-state index in [2.05, 4.69) is 11.4 Å². The van der Waals surface area contributed by atoms with Gasteiger partial charge in [0.15, 0.2) is 11.5 Å². The molecule has 0 spiro atoms. The molecule has 1 radical (unpaired) electrons. The van der Waals surface area contributed by atoms with E-state index < -0.39 is 0 Å². The third kappa shape index (κ3) is 2.08. The van der Waals surface area contributed by atoms with E-state index >= 15 is 0 Å². The smallest absolute Gasteiger partial charge is 0.311 e. The second-order valence-corrected chi connectivity index (χ2v) is 2.89. The summed E-state index contributed by atoms with van der Waals surface area (Å²) >= 11 is 0. The normalized spacial score (nSPS) is 9.88. The van der Waals surface area contributed by atoms with Crippen molar-refractivity contribution in [3.8, 4) is 23.2 Å². The summed E-state index contributed by atoms with van der Waals surface area (Å²) < 4.78 is 20.5. The van der Waals surface area contributed by atoms with Gasteiger partial charge < -0.3 is 18.6 Å². The van der Waals surface area contributed by atoms with E-state index in [1.54, 1.807) is 32.4 Å². The minimum absolute atomic E-state index is 0.242. The Morgan fingerprint density at radius 1 is 1.19 bits per heavy atom. The molecule has 83 valence electrons. The van der Waals surface area contributed by atoms with Gasteiger partial charge >= 0.3 is 5.95 Å². The lowest BCUT2D eigenvalue weighted by Crippen LogP contribution is -1.91. The molecule has 0 bridgehead atoms. The standard InChI is InChI=1S/C11H10NO4/c1-13-8-3-4-9(14-2)10(5-8)16-11-6-12-7-15-11/h3-6H,1-2H3. The zero-order chi connectivity index (χ0) is 11.4. The Balaban J connectivity index is 2.30. The molecular weight excluding hydrogens is 210 g/mol. The summed E-state index contributed by atoms with van der Waals surface area (Å²) in [5.74, 6) is 1.98. The van der Waals surface area contributed by atoms with Crippen molar-refractivity contribution in [3.63, 3.8) is 0 Å². The van der Waals surface area contributed by atoms with E-state index in [0.717, 1.165) is 0 Å². The van der Waals surface area contributed by atoms with Gasteiger partial charge in [-0.25, -0.2) is 4.98 Å². The fourth-order valence-electron chi connectivity index (χ4n) is 1.20. The van der Waals surface area contributed by atoms with Gasteiger partial charge in [0, 0.05) is 6.07 Å². The first-order valence-electron chi connectivity index (χ1n) is 4.55. The van der Waals surface area contributed by atoms with Gasteiger partial charge in [-0.1, -0.05) is 0 Å². The van der Waals surface area contributed by atoms with E-state index in [1.165, 1.54) is 6.20 Å². The Hall–Kier alpha value is -2.17. The molecule has 0 aliphatic carbocycles. The first-order chi connectivity index (χ1) is 7.83. The molecule has 16 heavy (non-hydrogen) atoms. The molecule has 1 aromatic carbocycles. The maximum absolute atomic E-state index is 5.42. The summed E-state index contributed by atoms with van der Waals surface area (Å²) in [6.45, 7) is 0. The highest BCUT2D eigenvalue weighted by molar-refractivity contribution is 5.46. The molecule has 5 heteroatoms. The molecule has 1 aromatic heterocycles. The molecule has 0 fully saturated rings. The van der Waals surface area contributed by atoms with Crippen LogP contribution in [0.2, 0.25) is 0 Å². The SMILES string of the molecule is COc1ccc(OC)c(Oc2cn[c]o2)c1. The number of nitrogens with zero attached hydrogens (tertiary/aromatic N) is 1. The van der Waals surface area contributed by atoms with Crippen LogP contribution in [-0.4, -0.2) is 19.2 Å². The monoisotopic (exact) mass is 220 g/mol. The van der Waals surface area contributed by atoms with Gasteiger partial charge in [-0.15, -0.1) is 0 Å².